The van der Waals surface area contributed by atoms with E-state index in [-0.39, 0.29) is 22.2 Å². The molecule has 4 rings (SSSR count). The van der Waals surface area contributed by atoms with Crippen LogP contribution in [0.15, 0.2) is 76.8 Å². The number of carbonyl (C=O) groups excluding carboxylic acids is 1. The summed E-state index contributed by atoms with van der Waals surface area (Å²) in [6.45, 7) is 0.276. The lowest BCUT2D eigenvalue weighted by atomic mass is 10.2. The lowest BCUT2D eigenvalue weighted by Crippen LogP contribution is -2.21. The van der Waals surface area contributed by atoms with Crippen molar-refractivity contribution in [1.29, 1.82) is 0 Å². The van der Waals surface area contributed by atoms with Crippen molar-refractivity contribution in [2.24, 2.45) is 0 Å². The van der Waals surface area contributed by atoms with E-state index in [1.807, 2.05) is 12.1 Å². The van der Waals surface area contributed by atoms with E-state index in [9.17, 15) is 13.2 Å². The Balaban J connectivity index is 1.48. The van der Waals surface area contributed by atoms with E-state index >= 15 is 0 Å². The molecule has 0 aliphatic rings. The number of hydrogen-bond acceptors (Lipinski definition) is 7. The molecule has 0 aliphatic heterocycles. The van der Waals surface area contributed by atoms with Crippen LogP contribution in [-0.2, 0) is 16.4 Å². The molecule has 0 atom stereocenters. The van der Waals surface area contributed by atoms with Gasteiger partial charge in [0, 0.05) is 25.0 Å². The largest absolute Gasteiger partial charge is 0.497 e. The number of benzene rings is 2. The number of fused-ring (bicyclic) bond motifs is 1. The average Bonchev–Trinajstić information content (AvgIpc) is 3.27. The van der Waals surface area contributed by atoms with Crippen molar-refractivity contribution in [1.82, 2.24) is 10.3 Å². The van der Waals surface area contributed by atoms with Gasteiger partial charge in [-0.25, -0.2) is 8.42 Å². The fraction of sp³-hybridized carbons (Fsp3) is 0.130. The molecular weight excluding hydrogens is 448 g/mol. The van der Waals surface area contributed by atoms with Gasteiger partial charge < -0.3 is 14.8 Å². The first-order chi connectivity index (χ1) is 15.4. The second kappa shape index (κ2) is 8.97. The van der Waals surface area contributed by atoms with E-state index in [0.717, 1.165) is 15.6 Å². The molecule has 0 saturated carbocycles. The Hall–Kier alpha value is -3.43. The zero-order chi connectivity index (χ0) is 22.7. The van der Waals surface area contributed by atoms with Gasteiger partial charge in [-0.05, 0) is 47.3 Å². The first-order valence-electron chi connectivity index (χ1n) is 9.59. The Morgan fingerprint density at radius 1 is 0.969 bits per heavy atom. The molecule has 2 aromatic heterocycles. The van der Waals surface area contributed by atoms with Crippen LogP contribution in [0.1, 0.15) is 15.2 Å². The van der Waals surface area contributed by atoms with Crippen molar-refractivity contribution in [3.8, 4) is 11.5 Å². The van der Waals surface area contributed by atoms with Gasteiger partial charge in [0.15, 0.2) is 0 Å². The normalized spacial score (nSPS) is 11.3. The monoisotopic (exact) mass is 468 g/mol. The molecule has 7 nitrogen and oxygen atoms in total. The van der Waals surface area contributed by atoms with E-state index in [1.54, 1.807) is 30.6 Å². The second-order valence-electron chi connectivity index (χ2n) is 6.90. The SMILES string of the molecule is COc1cc(OC)cc(S(=O)(=O)c2ccc(CNC(=O)c3cc4ccncc4s3)cc2)c1. The minimum atomic E-state index is -3.76. The van der Waals surface area contributed by atoms with Crippen LogP contribution in [0.2, 0.25) is 0 Å². The third-order valence-electron chi connectivity index (χ3n) is 4.87. The van der Waals surface area contributed by atoms with Crippen molar-refractivity contribution >= 4 is 37.2 Å². The van der Waals surface area contributed by atoms with Crippen LogP contribution in [-0.4, -0.2) is 33.5 Å². The predicted molar refractivity (Wildman–Crippen MR) is 122 cm³/mol. The molecule has 0 saturated heterocycles. The first kappa shape index (κ1) is 21.8. The zero-order valence-corrected chi connectivity index (χ0v) is 19.0. The summed E-state index contributed by atoms with van der Waals surface area (Å²) < 4.78 is 37.4. The van der Waals surface area contributed by atoms with Crippen LogP contribution in [0.5, 0.6) is 11.5 Å². The van der Waals surface area contributed by atoms with Gasteiger partial charge >= 0.3 is 0 Å². The van der Waals surface area contributed by atoms with Crippen LogP contribution in [0, 0.1) is 0 Å². The summed E-state index contributed by atoms with van der Waals surface area (Å²) in [6, 6.07) is 14.6. The number of methoxy groups -OCH3 is 2. The van der Waals surface area contributed by atoms with Gasteiger partial charge in [-0.2, -0.15) is 0 Å². The Bertz CT molecular complexity index is 1320. The van der Waals surface area contributed by atoms with Crippen LogP contribution in [0.4, 0.5) is 0 Å². The van der Waals surface area contributed by atoms with Gasteiger partial charge in [-0.1, -0.05) is 12.1 Å². The highest BCUT2D eigenvalue weighted by molar-refractivity contribution is 7.91. The Labute approximate surface area is 189 Å². The number of amides is 1. The fourth-order valence-electron chi connectivity index (χ4n) is 3.12. The van der Waals surface area contributed by atoms with Crippen molar-refractivity contribution in [3.63, 3.8) is 0 Å². The highest BCUT2D eigenvalue weighted by Gasteiger charge is 2.20. The molecule has 32 heavy (non-hydrogen) atoms. The summed E-state index contributed by atoms with van der Waals surface area (Å²) in [4.78, 5) is 17.4. The molecule has 164 valence electrons. The topological polar surface area (TPSA) is 94.6 Å². The summed E-state index contributed by atoms with van der Waals surface area (Å²) in [5, 5.41) is 3.84. The Kier molecular flexibility index (Phi) is 6.11. The van der Waals surface area contributed by atoms with E-state index in [2.05, 4.69) is 10.3 Å². The minimum Gasteiger partial charge on any atom is -0.497 e. The van der Waals surface area contributed by atoms with Crippen LogP contribution < -0.4 is 14.8 Å². The molecule has 0 aliphatic carbocycles. The molecule has 2 heterocycles. The highest BCUT2D eigenvalue weighted by Crippen LogP contribution is 2.29. The number of nitrogens with zero attached hydrogens (tertiary/aromatic N) is 1. The fourth-order valence-corrected chi connectivity index (χ4v) is 5.38. The number of thiophene rings is 1. The number of rotatable bonds is 7. The van der Waals surface area contributed by atoms with Crippen LogP contribution >= 0.6 is 11.3 Å². The number of carbonyl (C=O) groups is 1. The summed E-state index contributed by atoms with van der Waals surface area (Å²) >= 11 is 1.38. The molecule has 1 amide bonds. The standard InChI is InChI=1S/C23H20N2O5S2/c1-29-17-10-18(30-2)12-20(11-17)32(27,28)19-5-3-15(4-6-19)13-25-23(26)21-9-16-7-8-24-14-22(16)31-21/h3-12,14H,13H2,1-2H3,(H,25,26). The van der Waals surface area contributed by atoms with Crippen molar-refractivity contribution < 1.29 is 22.7 Å². The molecule has 0 spiro atoms. The molecule has 0 fully saturated rings. The molecule has 4 aromatic rings. The lowest BCUT2D eigenvalue weighted by Gasteiger charge is -2.10. The van der Waals surface area contributed by atoms with Gasteiger partial charge in [0.25, 0.3) is 5.91 Å². The van der Waals surface area contributed by atoms with Gasteiger partial charge in [0.1, 0.15) is 11.5 Å². The van der Waals surface area contributed by atoms with Crippen molar-refractivity contribution in [2.45, 2.75) is 16.3 Å². The third kappa shape index (κ3) is 4.44. The molecule has 1 N–H and O–H groups in total. The molecule has 0 bridgehead atoms. The lowest BCUT2D eigenvalue weighted by molar-refractivity contribution is 0.0955. The Morgan fingerprint density at radius 2 is 1.66 bits per heavy atom. The molecule has 0 unspecified atom stereocenters. The smallest absolute Gasteiger partial charge is 0.261 e. The summed E-state index contributed by atoms with van der Waals surface area (Å²) in [6.07, 6.45) is 3.42. The number of aromatic nitrogens is 1. The molecule has 2 aromatic carbocycles. The van der Waals surface area contributed by atoms with Crippen molar-refractivity contribution in [2.75, 3.05) is 14.2 Å². The number of sulfone groups is 1. The highest BCUT2D eigenvalue weighted by atomic mass is 32.2. The average molecular weight is 469 g/mol. The summed E-state index contributed by atoms with van der Waals surface area (Å²) in [5.74, 6) is 0.588. The number of nitrogens with one attached hydrogen (secondary N) is 1. The minimum absolute atomic E-state index is 0.0778. The number of pyridine rings is 1. The summed E-state index contributed by atoms with van der Waals surface area (Å²) in [7, 11) is -0.837. The molecular formula is C23H20N2O5S2. The predicted octanol–water partition coefficient (Wildman–Crippen LogP) is 4.08. The molecule has 0 radical (unpaired) electrons. The quantitative estimate of drug-likeness (QED) is 0.439. The first-order valence-corrected chi connectivity index (χ1v) is 11.9. The van der Waals surface area contributed by atoms with Gasteiger partial charge in [0.2, 0.25) is 9.84 Å². The number of ether oxygens (including phenoxy) is 2. The van der Waals surface area contributed by atoms with Gasteiger partial charge in [-0.3, -0.25) is 9.78 Å². The maximum atomic E-state index is 13.0. The molecule has 9 heteroatoms. The van der Waals surface area contributed by atoms with Gasteiger partial charge in [0.05, 0.1) is 33.6 Å². The van der Waals surface area contributed by atoms with E-state index in [1.165, 1.54) is 49.8 Å². The number of hydrogen-bond donors (Lipinski definition) is 1. The van der Waals surface area contributed by atoms with E-state index in [4.69, 9.17) is 9.47 Å². The third-order valence-corrected chi connectivity index (χ3v) is 7.70. The maximum Gasteiger partial charge on any atom is 0.261 e. The van der Waals surface area contributed by atoms with Crippen molar-refractivity contribution in [3.05, 3.63) is 77.4 Å². The van der Waals surface area contributed by atoms with E-state index in [0.29, 0.717) is 16.4 Å². The van der Waals surface area contributed by atoms with E-state index < -0.39 is 9.84 Å². The Morgan fingerprint density at radius 3 is 2.28 bits per heavy atom. The van der Waals surface area contributed by atoms with Crippen LogP contribution in [0.3, 0.4) is 0 Å². The second-order valence-corrected chi connectivity index (χ2v) is 9.94. The van der Waals surface area contributed by atoms with Gasteiger partial charge in [-0.15, -0.1) is 11.3 Å². The zero-order valence-electron chi connectivity index (χ0n) is 17.4. The maximum absolute atomic E-state index is 13.0. The summed E-state index contributed by atoms with van der Waals surface area (Å²) in [5.41, 5.74) is 0.781. The van der Waals surface area contributed by atoms with Crippen LogP contribution in [0.25, 0.3) is 10.1 Å².